The van der Waals surface area contributed by atoms with Crippen molar-refractivity contribution in [2.75, 3.05) is 32.7 Å². The van der Waals surface area contributed by atoms with Crippen LogP contribution in [0.2, 0.25) is 0 Å². The number of benzene rings is 1. The monoisotopic (exact) mass is 296 g/mol. The van der Waals surface area contributed by atoms with Crippen LogP contribution >= 0.6 is 0 Å². The lowest BCUT2D eigenvalue weighted by Gasteiger charge is -2.37. The molecule has 0 radical (unpaired) electrons. The van der Waals surface area contributed by atoms with Gasteiger partial charge in [-0.25, -0.2) is 0 Å². The Kier molecular flexibility index (Phi) is 4.06. The molecule has 118 valence electrons. The highest BCUT2D eigenvalue weighted by Gasteiger charge is 2.36. The minimum atomic E-state index is 0.898. The van der Waals surface area contributed by atoms with Gasteiger partial charge >= 0.3 is 0 Å². The van der Waals surface area contributed by atoms with Gasteiger partial charge in [-0.3, -0.25) is 4.90 Å². The quantitative estimate of drug-likeness (QED) is 0.786. The molecule has 2 fully saturated rings. The summed E-state index contributed by atoms with van der Waals surface area (Å²) in [5.41, 5.74) is 2.84. The lowest BCUT2D eigenvalue weighted by Crippen LogP contribution is -2.47. The summed E-state index contributed by atoms with van der Waals surface area (Å²) in [6.45, 7) is 9.60. The van der Waals surface area contributed by atoms with E-state index in [0.29, 0.717) is 0 Å². The minimum Gasteiger partial charge on any atom is -0.300 e. The molecule has 1 saturated carbocycles. The van der Waals surface area contributed by atoms with Crippen molar-refractivity contribution in [2.24, 2.45) is 17.8 Å². The van der Waals surface area contributed by atoms with Crippen molar-refractivity contribution < 1.29 is 0 Å². The van der Waals surface area contributed by atoms with E-state index in [9.17, 15) is 0 Å². The first-order valence-electron chi connectivity index (χ1n) is 8.95. The first kappa shape index (κ1) is 14.5. The SMILES string of the molecule is Cc1cccc(CN2CCN(C[C@H]3C[C@H]4C=C[C@@H]3C4)CC2)c1. The van der Waals surface area contributed by atoms with Gasteiger partial charge in [-0.15, -0.1) is 0 Å². The third-order valence-corrected chi connectivity index (χ3v) is 5.86. The van der Waals surface area contributed by atoms with E-state index in [1.807, 2.05) is 0 Å². The predicted molar refractivity (Wildman–Crippen MR) is 91.7 cm³/mol. The Morgan fingerprint density at radius 2 is 1.82 bits per heavy atom. The molecule has 1 saturated heterocycles. The van der Waals surface area contributed by atoms with Crippen molar-refractivity contribution in [2.45, 2.75) is 26.3 Å². The van der Waals surface area contributed by atoms with Crippen LogP contribution in [-0.2, 0) is 6.54 Å². The topological polar surface area (TPSA) is 6.48 Å². The fraction of sp³-hybridized carbons (Fsp3) is 0.600. The van der Waals surface area contributed by atoms with E-state index in [0.717, 1.165) is 24.3 Å². The number of piperazine rings is 1. The molecule has 0 aromatic heterocycles. The van der Waals surface area contributed by atoms with Gasteiger partial charge in [-0.1, -0.05) is 42.0 Å². The minimum absolute atomic E-state index is 0.898. The van der Waals surface area contributed by atoms with Crippen LogP contribution in [0.4, 0.5) is 0 Å². The average molecular weight is 296 g/mol. The van der Waals surface area contributed by atoms with Crippen molar-refractivity contribution in [3.05, 3.63) is 47.5 Å². The highest BCUT2D eigenvalue weighted by molar-refractivity contribution is 5.22. The maximum atomic E-state index is 2.71. The third kappa shape index (κ3) is 3.13. The van der Waals surface area contributed by atoms with E-state index < -0.39 is 0 Å². The number of fused-ring (bicyclic) bond motifs is 2. The molecule has 2 bridgehead atoms. The second kappa shape index (κ2) is 6.17. The highest BCUT2D eigenvalue weighted by Crippen LogP contribution is 2.43. The van der Waals surface area contributed by atoms with Crippen LogP contribution in [0.15, 0.2) is 36.4 Å². The summed E-state index contributed by atoms with van der Waals surface area (Å²) in [5, 5.41) is 0. The molecule has 3 aliphatic rings. The molecule has 0 N–H and O–H groups in total. The Hall–Kier alpha value is -1.12. The van der Waals surface area contributed by atoms with Crippen LogP contribution in [0.3, 0.4) is 0 Å². The summed E-state index contributed by atoms with van der Waals surface area (Å²) >= 11 is 0. The summed E-state index contributed by atoms with van der Waals surface area (Å²) in [6.07, 6.45) is 7.84. The first-order valence-corrected chi connectivity index (χ1v) is 8.95. The second-order valence-electron chi connectivity index (χ2n) is 7.61. The van der Waals surface area contributed by atoms with Crippen molar-refractivity contribution >= 4 is 0 Å². The van der Waals surface area contributed by atoms with Gasteiger partial charge in [0.2, 0.25) is 0 Å². The fourth-order valence-corrected chi connectivity index (χ4v) is 4.63. The number of hydrogen-bond donors (Lipinski definition) is 0. The van der Waals surface area contributed by atoms with Crippen molar-refractivity contribution in [3.63, 3.8) is 0 Å². The Morgan fingerprint density at radius 1 is 1.00 bits per heavy atom. The van der Waals surface area contributed by atoms with Gasteiger partial charge in [0.05, 0.1) is 0 Å². The Labute approximate surface area is 134 Å². The van der Waals surface area contributed by atoms with E-state index >= 15 is 0 Å². The van der Waals surface area contributed by atoms with Gasteiger partial charge in [-0.2, -0.15) is 0 Å². The van der Waals surface area contributed by atoms with Crippen LogP contribution in [0.25, 0.3) is 0 Å². The molecule has 0 amide bonds. The number of allylic oxidation sites excluding steroid dienone is 2. The summed E-state index contributed by atoms with van der Waals surface area (Å²) in [6, 6.07) is 8.96. The molecule has 2 heteroatoms. The average Bonchev–Trinajstić information content (AvgIpc) is 3.12. The maximum Gasteiger partial charge on any atom is 0.0234 e. The summed E-state index contributed by atoms with van der Waals surface area (Å²) in [5.74, 6) is 2.76. The van der Waals surface area contributed by atoms with Crippen LogP contribution in [0, 0.1) is 24.7 Å². The lowest BCUT2D eigenvalue weighted by atomic mass is 9.93. The van der Waals surface area contributed by atoms with Crippen LogP contribution in [0.5, 0.6) is 0 Å². The Bertz CT molecular complexity index is 542. The first-order chi connectivity index (χ1) is 10.8. The van der Waals surface area contributed by atoms with Crippen LogP contribution in [0.1, 0.15) is 24.0 Å². The predicted octanol–water partition coefficient (Wildman–Crippen LogP) is 3.32. The standard InChI is InChI=1S/C20H28N2/c1-16-3-2-4-18(11-16)14-21-7-9-22(10-8-21)15-20-13-17-5-6-19(20)12-17/h2-6,11,17,19-20H,7-10,12-15H2,1H3/t17-,19+,20+/m0/s1. The van der Waals surface area contributed by atoms with Gasteiger partial charge in [0.25, 0.3) is 0 Å². The molecule has 1 aromatic carbocycles. The molecular weight excluding hydrogens is 268 g/mol. The second-order valence-corrected chi connectivity index (χ2v) is 7.61. The molecule has 1 heterocycles. The smallest absolute Gasteiger partial charge is 0.0234 e. The number of aryl methyl sites for hydroxylation is 1. The summed E-state index contributed by atoms with van der Waals surface area (Å²) in [4.78, 5) is 5.33. The van der Waals surface area contributed by atoms with E-state index in [2.05, 4.69) is 53.1 Å². The van der Waals surface area contributed by atoms with E-state index in [-0.39, 0.29) is 0 Å². The van der Waals surface area contributed by atoms with Gasteiger partial charge in [0.1, 0.15) is 0 Å². The molecule has 0 spiro atoms. The molecule has 1 aliphatic heterocycles. The van der Waals surface area contributed by atoms with E-state index in [4.69, 9.17) is 0 Å². The lowest BCUT2D eigenvalue weighted by molar-refractivity contribution is 0.108. The highest BCUT2D eigenvalue weighted by atomic mass is 15.3. The zero-order chi connectivity index (χ0) is 14.9. The molecular formula is C20H28N2. The molecule has 1 aromatic rings. The number of hydrogen-bond acceptors (Lipinski definition) is 2. The van der Waals surface area contributed by atoms with Crippen molar-refractivity contribution in [3.8, 4) is 0 Å². The molecule has 2 aliphatic carbocycles. The molecule has 22 heavy (non-hydrogen) atoms. The molecule has 4 rings (SSSR count). The van der Waals surface area contributed by atoms with Crippen LogP contribution in [-0.4, -0.2) is 42.5 Å². The largest absolute Gasteiger partial charge is 0.300 e. The third-order valence-electron chi connectivity index (χ3n) is 5.86. The van der Waals surface area contributed by atoms with E-state index in [1.54, 1.807) is 0 Å². The zero-order valence-corrected chi connectivity index (χ0v) is 13.7. The number of rotatable bonds is 4. The van der Waals surface area contributed by atoms with Crippen LogP contribution < -0.4 is 0 Å². The van der Waals surface area contributed by atoms with Gasteiger partial charge < -0.3 is 4.90 Å². The van der Waals surface area contributed by atoms with Crippen molar-refractivity contribution in [1.82, 2.24) is 9.80 Å². The zero-order valence-electron chi connectivity index (χ0n) is 13.7. The molecule has 2 nitrogen and oxygen atoms in total. The Morgan fingerprint density at radius 3 is 2.50 bits per heavy atom. The van der Waals surface area contributed by atoms with E-state index in [1.165, 1.54) is 56.7 Å². The van der Waals surface area contributed by atoms with Crippen molar-refractivity contribution in [1.29, 1.82) is 0 Å². The molecule has 3 atom stereocenters. The maximum absolute atomic E-state index is 2.71. The normalized spacial score (nSPS) is 32.0. The van der Waals surface area contributed by atoms with Gasteiger partial charge in [-0.05, 0) is 43.1 Å². The molecule has 0 unspecified atom stereocenters. The van der Waals surface area contributed by atoms with Gasteiger partial charge in [0.15, 0.2) is 0 Å². The Balaban J connectivity index is 1.25. The van der Waals surface area contributed by atoms with Gasteiger partial charge in [0, 0.05) is 39.3 Å². The fourth-order valence-electron chi connectivity index (χ4n) is 4.63. The summed E-state index contributed by atoms with van der Waals surface area (Å²) in [7, 11) is 0. The summed E-state index contributed by atoms with van der Waals surface area (Å²) < 4.78 is 0. The number of nitrogens with zero attached hydrogens (tertiary/aromatic N) is 2.